The minimum Gasteiger partial charge on any atom is -0.346 e. The number of carbonyl (C=O) groups excluding carboxylic acids is 1. The van der Waals surface area contributed by atoms with E-state index in [0.717, 1.165) is 53.6 Å². The molecule has 4 heterocycles. The summed E-state index contributed by atoms with van der Waals surface area (Å²) in [5.74, 6) is 0.198. The van der Waals surface area contributed by atoms with Gasteiger partial charge >= 0.3 is 0 Å². The molecule has 6 nitrogen and oxygen atoms in total. The molecule has 138 valence electrons. The Hall–Kier alpha value is -3.15. The van der Waals surface area contributed by atoms with Crippen molar-refractivity contribution >= 4 is 28.0 Å². The molecule has 1 amide bonds. The lowest BCUT2D eigenvalue weighted by Crippen LogP contribution is -2.41. The van der Waals surface area contributed by atoms with Gasteiger partial charge in [0.15, 0.2) is 0 Å². The summed E-state index contributed by atoms with van der Waals surface area (Å²) < 4.78 is 2.23. The number of piperidine rings is 1. The fourth-order valence-corrected chi connectivity index (χ4v) is 4.10. The number of aromatic amines is 1. The summed E-state index contributed by atoms with van der Waals surface area (Å²) in [5.41, 5.74) is 3.94. The van der Waals surface area contributed by atoms with Crippen LogP contribution in [0.3, 0.4) is 0 Å². The predicted molar refractivity (Wildman–Crippen MR) is 106 cm³/mol. The minimum atomic E-state index is 0. The van der Waals surface area contributed by atoms with E-state index in [0.29, 0.717) is 6.42 Å². The van der Waals surface area contributed by atoms with Crippen molar-refractivity contribution in [3.8, 4) is 0 Å². The zero-order chi connectivity index (χ0) is 18.2. The van der Waals surface area contributed by atoms with E-state index in [1.165, 1.54) is 0 Å². The molecule has 0 bridgehead atoms. The molecule has 27 heavy (non-hydrogen) atoms. The first-order valence-corrected chi connectivity index (χ1v) is 9.40. The van der Waals surface area contributed by atoms with Crippen LogP contribution in [0.2, 0.25) is 0 Å². The normalized spacial score (nSPS) is 17.6. The molecule has 1 aromatic carbocycles. The number of carbonyl (C=O) groups is 1. The van der Waals surface area contributed by atoms with Crippen molar-refractivity contribution in [2.24, 2.45) is 0 Å². The summed E-state index contributed by atoms with van der Waals surface area (Å²) in [6.45, 7) is 1.56. The summed E-state index contributed by atoms with van der Waals surface area (Å²) >= 11 is 0. The van der Waals surface area contributed by atoms with Gasteiger partial charge in [-0.1, -0.05) is 30.3 Å². The topological polar surface area (TPSA) is 66.8 Å². The number of pyridine rings is 1. The first-order valence-electron chi connectivity index (χ1n) is 9.40. The smallest absolute Gasteiger partial charge is 0.227 e. The number of likely N-dealkylation sites (tertiary alicyclic amines) is 1. The summed E-state index contributed by atoms with van der Waals surface area (Å²) in [6, 6.07) is 12.3. The monoisotopic (exact) mass is 361 g/mol. The molecule has 3 aromatic heterocycles. The maximum atomic E-state index is 12.8. The van der Waals surface area contributed by atoms with Crippen LogP contribution in [-0.2, 0) is 11.2 Å². The largest absolute Gasteiger partial charge is 0.346 e. The Morgan fingerprint density at radius 2 is 2.11 bits per heavy atom. The second-order valence-corrected chi connectivity index (χ2v) is 7.18. The molecule has 1 saturated heterocycles. The van der Waals surface area contributed by atoms with Crippen LogP contribution in [0.4, 0.5) is 0 Å². The number of hydrogen-bond donors (Lipinski definition) is 1. The number of hydrogen-bond acceptors (Lipinski definition) is 3. The molecule has 1 aliphatic heterocycles. The van der Waals surface area contributed by atoms with E-state index < -0.39 is 0 Å². The van der Waals surface area contributed by atoms with Gasteiger partial charge in [-0.15, -0.1) is 0 Å². The number of benzene rings is 1. The van der Waals surface area contributed by atoms with Gasteiger partial charge in [0.1, 0.15) is 11.2 Å². The molecule has 1 atom stereocenters. The van der Waals surface area contributed by atoms with E-state index >= 15 is 0 Å². The average Bonchev–Trinajstić information content (AvgIpc) is 3.35. The highest BCUT2D eigenvalue weighted by molar-refractivity contribution is 6.01. The maximum absolute atomic E-state index is 12.8. The Balaban J connectivity index is 0.00000192. The average molecular weight is 361 g/mol. The number of nitrogens with zero attached hydrogens (tertiary/aromatic N) is 4. The third-order valence-corrected chi connectivity index (χ3v) is 5.46. The summed E-state index contributed by atoms with van der Waals surface area (Å²) in [6.07, 6.45) is 8.14. The molecule has 0 aliphatic carbocycles. The van der Waals surface area contributed by atoms with Crippen molar-refractivity contribution in [2.75, 3.05) is 13.1 Å². The quantitative estimate of drug-likeness (QED) is 0.607. The second kappa shape index (κ2) is 6.54. The predicted octanol–water partition coefficient (Wildman–Crippen LogP) is 3.56. The molecule has 0 spiro atoms. The van der Waals surface area contributed by atoms with Crippen LogP contribution < -0.4 is 0 Å². The van der Waals surface area contributed by atoms with E-state index in [-0.39, 0.29) is 13.4 Å². The van der Waals surface area contributed by atoms with E-state index in [9.17, 15) is 4.79 Å². The molecule has 1 N–H and O–H groups in total. The Morgan fingerprint density at radius 1 is 1.22 bits per heavy atom. The highest BCUT2D eigenvalue weighted by Crippen LogP contribution is 2.29. The van der Waals surface area contributed by atoms with Crippen molar-refractivity contribution in [2.45, 2.75) is 25.3 Å². The number of amides is 1. The Kier molecular flexibility index (Phi) is 3.89. The third-order valence-electron chi connectivity index (χ3n) is 5.46. The van der Waals surface area contributed by atoms with Crippen LogP contribution in [0.15, 0.2) is 55.1 Å². The lowest BCUT2D eigenvalue weighted by molar-refractivity contribution is -0.132. The summed E-state index contributed by atoms with van der Waals surface area (Å²) in [5, 5.41) is 1.08. The molecular formula is C21H23N5O. The Morgan fingerprint density at radius 3 is 3.00 bits per heavy atom. The van der Waals surface area contributed by atoms with Crippen molar-refractivity contribution in [1.82, 2.24) is 24.4 Å². The van der Waals surface area contributed by atoms with E-state index in [1.807, 2.05) is 60.0 Å². The molecule has 5 rings (SSSR count). The van der Waals surface area contributed by atoms with Crippen molar-refractivity contribution in [3.63, 3.8) is 0 Å². The fraction of sp³-hybridized carbons (Fsp3) is 0.286. The van der Waals surface area contributed by atoms with Crippen LogP contribution >= 0.6 is 0 Å². The summed E-state index contributed by atoms with van der Waals surface area (Å²) in [4.78, 5) is 26.9. The third kappa shape index (κ3) is 2.87. The van der Waals surface area contributed by atoms with Gasteiger partial charge in [-0.2, -0.15) is 0 Å². The lowest BCUT2D eigenvalue weighted by atomic mass is 10.0. The number of rotatable bonds is 3. The number of aromatic nitrogens is 4. The van der Waals surface area contributed by atoms with E-state index in [1.54, 1.807) is 0 Å². The van der Waals surface area contributed by atoms with Crippen LogP contribution in [0.5, 0.6) is 0 Å². The maximum Gasteiger partial charge on any atom is 0.227 e. The Bertz CT molecular complexity index is 1100. The first-order chi connectivity index (χ1) is 13.3. The SMILES string of the molecule is O=C(Cc1ccccc1)N1CCC[C@@H](n2cnc3cnc4[nH]ccc4c32)C1.[HH]. The number of fused-ring (bicyclic) bond motifs is 3. The summed E-state index contributed by atoms with van der Waals surface area (Å²) in [7, 11) is 0. The molecule has 6 heteroatoms. The van der Waals surface area contributed by atoms with Crippen molar-refractivity contribution in [3.05, 3.63) is 60.7 Å². The number of H-pyrrole nitrogens is 1. The Labute approximate surface area is 158 Å². The van der Waals surface area contributed by atoms with Crippen molar-refractivity contribution < 1.29 is 6.22 Å². The molecule has 0 radical (unpaired) electrons. The van der Waals surface area contributed by atoms with Gasteiger partial charge in [-0.05, 0) is 24.5 Å². The zero-order valence-corrected chi connectivity index (χ0v) is 15.0. The number of imidazole rings is 1. The van der Waals surface area contributed by atoms with Gasteiger partial charge in [-0.25, -0.2) is 9.97 Å². The van der Waals surface area contributed by atoms with Gasteiger partial charge in [0.05, 0.1) is 30.5 Å². The van der Waals surface area contributed by atoms with Gasteiger partial charge in [0, 0.05) is 26.1 Å². The van der Waals surface area contributed by atoms with Gasteiger partial charge in [0.2, 0.25) is 5.91 Å². The molecular weight excluding hydrogens is 338 g/mol. The minimum absolute atomic E-state index is 0. The molecule has 4 aromatic rings. The van der Waals surface area contributed by atoms with Crippen LogP contribution in [0.25, 0.3) is 22.1 Å². The molecule has 0 unspecified atom stereocenters. The molecule has 0 saturated carbocycles. The van der Waals surface area contributed by atoms with Crippen molar-refractivity contribution in [1.29, 1.82) is 0 Å². The highest BCUT2D eigenvalue weighted by atomic mass is 16.2. The van der Waals surface area contributed by atoms with Crippen LogP contribution in [-0.4, -0.2) is 43.4 Å². The van der Waals surface area contributed by atoms with E-state index in [2.05, 4.69) is 19.5 Å². The standard InChI is InChI=1S/C21H21N5O.H2/c27-19(11-15-5-2-1-3-6-15)25-10-4-7-16(13-25)26-14-24-18-12-23-21-17(20(18)26)8-9-22-21;/h1-3,5-6,8-9,12,14,16H,4,7,10-11,13H2,(H,22,23);1H/t16-;/m1./s1. The van der Waals surface area contributed by atoms with Gasteiger partial charge in [0.25, 0.3) is 0 Å². The fourth-order valence-electron chi connectivity index (χ4n) is 4.10. The van der Waals surface area contributed by atoms with Gasteiger partial charge < -0.3 is 14.5 Å². The number of nitrogens with one attached hydrogen (secondary N) is 1. The van der Waals surface area contributed by atoms with E-state index in [4.69, 9.17) is 0 Å². The second-order valence-electron chi connectivity index (χ2n) is 7.18. The first kappa shape index (κ1) is 16.1. The molecule has 1 fully saturated rings. The zero-order valence-electron chi connectivity index (χ0n) is 15.0. The molecule has 1 aliphatic rings. The van der Waals surface area contributed by atoms with Crippen LogP contribution in [0, 0.1) is 0 Å². The highest BCUT2D eigenvalue weighted by Gasteiger charge is 2.26. The van der Waals surface area contributed by atoms with Gasteiger partial charge in [-0.3, -0.25) is 4.79 Å². The lowest BCUT2D eigenvalue weighted by Gasteiger charge is -2.34. The van der Waals surface area contributed by atoms with Crippen LogP contribution in [0.1, 0.15) is 25.9 Å².